The molecule has 0 aliphatic carbocycles. The van der Waals surface area contributed by atoms with Crippen LogP contribution in [0.3, 0.4) is 0 Å². The summed E-state index contributed by atoms with van der Waals surface area (Å²) < 4.78 is 5.38. The summed E-state index contributed by atoms with van der Waals surface area (Å²) in [6.07, 6.45) is 3.37. The lowest BCUT2D eigenvalue weighted by Gasteiger charge is -2.14. The van der Waals surface area contributed by atoms with Gasteiger partial charge < -0.3 is 10.1 Å². The fraction of sp³-hybridized carbons (Fsp3) is 0.200. The van der Waals surface area contributed by atoms with Crippen LogP contribution in [-0.4, -0.2) is 17.5 Å². The van der Waals surface area contributed by atoms with Crippen LogP contribution in [0.25, 0.3) is 0 Å². The Balaban J connectivity index is 1.87. The Bertz CT molecular complexity index is 620. The summed E-state index contributed by atoms with van der Waals surface area (Å²) in [6.45, 7) is 1.78. The lowest BCUT2D eigenvalue weighted by atomic mass is 10.1. The number of halogens is 2. The Morgan fingerprint density at radius 2 is 2.00 bits per heavy atom. The number of nitrogens with one attached hydrogen (secondary N) is 1. The number of carbonyl (C=O) groups is 1. The number of hydrogen-bond acceptors (Lipinski definition) is 3. The van der Waals surface area contributed by atoms with E-state index in [0.717, 1.165) is 5.56 Å². The van der Waals surface area contributed by atoms with Crippen molar-refractivity contribution in [1.82, 2.24) is 10.3 Å². The maximum atomic E-state index is 11.9. The van der Waals surface area contributed by atoms with E-state index in [4.69, 9.17) is 27.9 Å². The summed E-state index contributed by atoms with van der Waals surface area (Å²) in [7, 11) is 0. The third kappa shape index (κ3) is 4.62. The van der Waals surface area contributed by atoms with E-state index in [1.807, 2.05) is 19.1 Å². The van der Waals surface area contributed by atoms with E-state index in [9.17, 15) is 4.79 Å². The standard InChI is InChI=1S/C15H14Cl2N2O2/c1-10(11-4-6-18-7-5-11)19-15(20)9-21-14-3-2-12(16)8-13(14)17/h2-8,10H,9H2,1H3,(H,19,20). The Hall–Kier alpha value is -1.78. The molecule has 0 aliphatic heterocycles. The third-order valence-corrected chi connectivity index (χ3v) is 3.37. The quantitative estimate of drug-likeness (QED) is 0.913. The molecule has 110 valence electrons. The third-order valence-electron chi connectivity index (χ3n) is 2.84. The number of nitrogens with zero attached hydrogens (tertiary/aromatic N) is 1. The molecule has 2 rings (SSSR count). The monoisotopic (exact) mass is 324 g/mol. The van der Waals surface area contributed by atoms with Crippen LogP contribution in [0.15, 0.2) is 42.7 Å². The van der Waals surface area contributed by atoms with Gasteiger partial charge in [0.2, 0.25) is 0 Å². The van der Waals surface area contributed by atoms with Crippen molar-refractivity contribution >= 4 is 29.1 Å². The van der Waals surface area contributed by atoms with E-state index < -0.39 is 0 Å². The first-order valence-corrected chi connectivity index (χ1v) is 7.09. The molecule has 1 aromatic heterocycles. The minimum atomic E-state index is -0.231. The summed E-state index contributed by atoms with van der Waals surface area (Å²) in [4.78, 5) is 15.8. The molecule has 0 saturated carbocycles. The van der Waals surface area contributed by atoms with Crippen molar-refractivity contribution in [2.75, 3.05) is 6.61 Å². The van der Waals surface area contributed by atoms with Gasteiger partial charge in [0.25, 0.3) is 5.91 Å². The van der Waals surface area contributed by atoms with Crippen molar-refractivity contribution in [1.29, 1.82) is 0 Å². The van der Waals surface area contributed by atoms with E-state index in [2.05, 4.69) is 10.3 Å². The molecule has 1 atom stereocenters. The zero-order valence-electron chi connectivity index (χ0n) is 11.3. The molecule has 2 aromatic rings. The van der Waals surface area contributed by atoms with Gasteiger partial charge in [-0.1, -0.05) is 23.2 Å². The number of carbonyl (C=O) groups excluding carboxylic acids is 1. The maximum absolute atomic E-state index is 11.9. The van der Waals surface area contributed by atoms with Crippen LogP contribution in [0, 0.1) is 0 Å². The largest absolute Gasteiger partial charge is 0.482 e. The van der Waals surface area contributed by atoms with Crippen LogP contribution < -0.4 is 10.1 Å². The summed E-state index contributed by atoms with van der Waals surface area (Å²) in [5.41, 5.74) is 0.975. The van der Waals surface area contributed by atoms with Gasteiger partial charge in [-0.2, -0.15) is 0 Å². The Morgan fingerprint density at radius 3 is 2.67 bits per heavy atom. The van der Waals surface area contributed by atoms with Crippen molar-refractivity contribution in [2.45, 2.75) is 13.0 Å². The molecule has 1 unspecified atom stereocenters. The van der Waals surface area contributed by atoms with Crippen LogP contribution >= 0.6 is 23.2 Å². The van der Waals surface area contributed by atoms with Gasteiger partial charge in [-0.3, -0.25) is 9.78 Å². The van der Waals surface area contributed by atoms with E-state index in [-0.39, 0.29) is 18.6 Å². The normalized spacial score (nSPS) is 11.8. The average Bonchev–Trinajstić information content (AvgIpc) is 2.47. The molecule has 0 bridgehead atoms. The zero-order chi connectivity index (χ0) is 15.2. The number of ether oxygens (including phenoxy) is 1. The van der Waals surface area contributed by atoms with Gasteiger partial charge in [-0.05, 0) is 42.8 Å². The van der Waals surface area contributed by atoms with Gasteiger partial charge in [-0.25, -0.2) is 0 Å². The highest BCUT2D eigenvalue weighted by molar-refractivity contribution is 6.35. The highest BCUT2D eigenvalue weighted by Gasteiger charge is 2.11. The molecule has 0 saturated heterocycles. The highest BCUT2D eigenvalue weighted by atomic mass is 35.5. The lowest BCUT2D eigenvalue weighted by Crippen LogP contribution is -2.31. The molecule has 4 nitrogen and oxygen atoms in total. The van der Waals surface area contributed by atoms with Gasteiger partial charge >= 0.3 is 0 Å². The van der Waals surface area contributed by atoms with Gasteiger partial charge in [-0.15, -0.1) is 0 Å². The first-order valence-electron chi connectivity index (χ1n) is 6.33. The van der Waals surface area contributed by atoms with Gasteiger partial charge in [0.15, 0.2) is 6.61 Å². The van der Waals surface area contributed by atoms with Crippen molar-refractivity contribution in [3.8, 4) is 5.75 Å². The number of amides is 1. The molecule has 0 fully saturated rings. The molecule has 1 heterocycles. The van der Waals surface area contributed by atoms with E-state index in [1.165, 1.54) is 0 Å². The smallest absolute Gasteiger partial charge is 0.258 e. The van der Waals surface area contributed by atoms with Crippen LogP contribution in [0.5, 0.6) is 5.75 Å². The van der Waals surface area contributed by atoms with E-state index in [0.29, 0.717) is 15.8 Å². The minimum Gasteiger partial charge on any atom is -0.482 e. The van der Waals surface area contributed by atoms with Gasteiger partial charge in [0.1, 0.15) is 5.75 Å². The van der Waals surface area contributed by atoms with Crippen molar-refractivity contribution in [3.05, 3.63) is 58.3 Å². The van der Waals surface area contributed by atoms with Crippen LogP contribution in [-0.2, 0) is 4.79 Å². The SMILES string of the molecule is CC(NC(=O)COc1ccc(Cl)cc1Cl)c1ccncc1. The summed E-state index contributed by atoms with van der Waals surface area (Å²) >= 11 is 11.8. The molecule has 6 heteroatoms. The molecule has 1 N–H and O–H groups in total. The highest BCUT2D eigenvalue weighted by Crippen LogP contribution is 2.27. The predicted octanol–water partition coefficient (Wildman–Crippen LogP) is 3.64. The maximum Gasteiger partial charge on any atom is 0.258 e. The minimum absolute atomic E-state index is 0.114. The molecule has 0 radical (unpaired) electrons. The fourth-order valence-corrected chi connectivity index (χ4v) is 2.22. The van der Waals surface area contributed by atoms with Crippen molar-refractivity contribution in [2.24, 2.45) is 0 Å². The number of hydrogen-bond donors (Lipinski definition) is 1. The molecule has 1 amide bonds. The molecule has 0 aliphatic rings. The second-order valence-electron chi connectivity index (χ2n) is 4.43. The summed E-state index contributed by atoms with van der Waals surface area (Å²) in [6, 6.07) is 8.43. The second-order valence-corrected chi connectivity index (χ2v) is 5.28. The van der Waals surface area contributed by atoms with Crippen molar-refractivity contribution in [3.63, 3.8) is 0 Å². The lowest BCUT2D eigenvalue weighted by molar-refractivity contribution is -0.123. The Morgan fingerprint density at radius 1 is 1.29 bits per heavy atom. The van der Waals surface area contributed by atoms with Crippen LogP contribution in [0.1, 0.15) is 18.5 Å². The van der Waals surface area contributed by atoms with Crippen molar-refractivity contribution < 1.29 is 9.53 Å². The number of benzene rings is 1. The number of pyridine rings is 1. The fourth-order valence-electron chi connectivity index (χ4n) is 1.75. The number of rotatable bonds is 5. The number of aromatic nitrogens is 1. The van der Waals surface area contributed by atoms with E-state index in [1.54, 1.807) is 30.6 Å². The first kappa shape index (κ1) is 15.6. The second kappa shape index (κ2) is 7.29. The molecule has 1 aromatic carbocycles. The zero-order valence-corrected chi connectivity index (χ0v) is 12.9. The molecule has 21 heavy (non-hydrogen) atoms. The first-order chi connectivity index (χ1) is 10.1. The summed E-state index contributed by atoms with van der Waals surface area (Å²) in [5.74, 6) is 0.193. The molecule has 0 spiro atoms. The Kier molecular flexibility index (Phi) is 5.42. The molecular formula is C15H14Cl2N2O2. The van der Waals surface area contributed by atoms with Crippen LogP contribution in [0.4, 0.5) is 0 Å². The van der Waals surface area contributed by atoms with Crippen LogP contribution in [0.2, 0.25) is 10.0 Å². The van der Waals surface area contributed by atoms with Gasteiger partial charge in [0, 0.05) is 17.4 Å². The van der Waals surface area contributed by atoms with Gasteiger partial charge in [0.05, 0.1) is 11.1 Å². The predicted molar refractivity (Wildman–Crippen MR) is 82.8 cm³/mol. The topological polar surface area (TPSA) is 51.2 Å². The van der Waals surface area contributed by atoms with E-state index >= 15 is 0 Å². The molecular weight excluding hydrogens is 311 g/mol. The Labute approximate surface area is 133 Å². The average molecular weight is 325 g/mol. The summed E-state index contributed by atoms with van der Waals surface area (Å²) in [5, 5.41) is 3.73.